The molecule has 1 nitrogen and oxygen atoms in total. The molecule has 96 valence electrons. The van der Waals surface area contributed by atoms with E-state index in [0.717, 1.165) is 12.1 Å². The van der Waals surface area contributed by atoms with Crippen LogP contribution in [0, 0.1) is 0 Å². The molecule has 0 saturated carbocycles. The summed E-state index contributed by atoms with van der Waals surface area (Å²) in [5.41, 5.74) is 3.20. The summed E-state index contributed by atoms with van der Waals surface area (Å²) in [6.45, 7) is -0.305. The van der Waals surface area contributed by atoms with Crippen molar-refractivity contribution in [1.82, 2.24) is 0 Å². The SMILES string of the molecule is NCCC(F)(F)c1cc(Br)cc(C(F)(F)F)c1. The molecule has 7 heteroatoms. The standard InChI is InChI=1S/C10H9BrF5N/c11-8-4-6(9(12,13)1-2-17)3-7(5-8)10(14,15)16/h3-5H,1-2,17H2. The van der Waals surface area contributed by atoms with Gasteiger partial charge in [-0.1, -0.05) is 15.9 Å². The van der Waals surface area contributed by atoms with E-state index in [1.54, 1.807) is 0 Å². The van der Waals surface area contributed by atoms with Gasteiger partial charge in [0.15, 0.2) is 0 Å². The fraction of sp³-hybridized carbons (Fsp3) is 0.400. The van der Waals surface area contributed by atoms with E-state index in [9.17, 15) is 22.0 Å². The van der Waals surface area contributed by atoms with Crippen LogP contribution >= 0.6 is 15.9 Å². The highest BCUT2D eigenvalue weighted by Crippen LogP contribution is 2.38. The van der Waals surface area contributed by atoms with Gasteiger partial charge >= 0.3 is 6.18 Å². The maximum absolute atomic E-state index is 13.4. The number of hydrogen-bond acceptors (Lipinski definition) is 1. The molecule has 1 rings (SSSR count). The lowest BCUT2D eigenvalue weighted by Crippen LogP contribution is -2.19. The summed E-state index contributed by atoms with van der Waals surface area (Å²) in [5, 5.41) is 0. The van der Waals surface area contributed by atoms with E-state index in [-0.39, 0.29) is 11.0 Å². The molecule has 0 amide bonds. The van der Waals surface area contributed by atoms with Crippen molar-refractivity contribution in [2.75, 3.05) is 6.54 Å². The van der Waals surface area contributed by atoms with Gasteiger partial charge in [0.25, 0.3) is 5.92 Å². The molecule has 0 unspecified atom stereocenters. The topological polar surface area (TPSA) is 26.0 Å². The highest BCUT2D eigenvalue weighted by Gasteiger charge is 2.36. The highest BCUT2D eigenvalue weighted by molar-refractivity contribution is 9.10. The predicted molar refractivity (Wildman–Crippen MR) is 56.7 cm³/mol. The molecule has 1 aromatic carbocycles. The summed E-state index contributed by atoms with van der Waals surface area (Å²) in [6, 6.07) is 2.16. The molecule has 1 aromatic rings. The number of halogens is 6. The third kappa shape index (κ3) is 3.64. The molecule has 0 heterocycles. The number of nitrogens with two attached hydrogens (primary N) is 1. The summed E-state index contributed by atoms with van der Waals surface area (Å²) in [4.78, 5) is 0. The zero-order valence-electron chi connectivity index (χ0n) is 8.49. The van der Waals surface area contributed by atoms with Gasteiger partial charge in [0.05, 0.1) is 5.56 Å². The van der Waals surface area contributed by atoms with Crippen molar-refractivity contribution in [2.45, 2.75) is 18.5 Å². The van der Waals surface area contributed by atoms with E-state index in [0.29, 0.717) is 6.07 Å². The lowest BCUT2D eigenvalue weighted by atomic mass is 10.0. The minimum absolute atomic E-state index is 0.0426. The Morgan fingerprint density at radius 3 is 2.00 bits per heavy atom. The lowest BCUT2D eigenvalue weighted by molar-refractivity contribution is -0.137. The van der Waals surface area contributed by atoms with Crippen LogP contribution in [0.15, 0.2) is 22.7 Å². The van der Waals surface area contributed by atoms with Crippen molar-refractivity contribution < 1.29 is 22.0 Å². The van der Waals surface area contributed by atoms with Crippen LogP contribution in [0.1, 0.15) is 17.5 Å². The summed E-state index contributed by atoms with van der Waals surface area (Å²) in [7, 11) is 0. The van der Waals surface area contributed by atoms with Crippen molar-refractivity contribution in [3.05, 3.63) is 33.8 Å². The normalized spacial score (nSPS) is 12.9. The van der Waals surface area contributed by atoms with Crippen LogP contribution in [0.25, 0.3) is 0 Å². The van der Waals surface area contributed by atoms with Gasteiger partial charge in [0.1, 0.15) is 0 Å². The lowest BCUT2D eigenvalue weighted by Gasteiger charge is -2.18. The molecule has 17 heavy (non-hydrogen) atoms. The molecule has 0 spiro atoms. The number of hydrogen-bond donors (Lipinski definition) is 1. The second-order valence-corrected chi connectivity index (χ2v) is 4.39. The van der Waals surface area contributed by atoms with Crippen molar-refractivity contribution in [3.63, 3.8) is 0 Å². The summed E-state index contributed by atoms with van der Waals surface area (Å²) in [6.07, 6.45) is -5.35. The maximum atomic E-state index is 13.4. The summed E-state index contributed by atoms with van der Waals surface area (Å²) >= 11 is 2.78. The second kappa shape index (κ2) is 4.89. The van der Waals surface area contributed by atoms with Gasteiger partial charge in [-0.05, 0) is 24.7 Å². The van der Waals surface area contributed by atoms with E-state index in [4.69, 9.17) is 5.73 Å². The van der Waals surface area contributed by atoms with E-state index >= 15 is 0 Å². The van der Waals surface area contributed by atoms with Crippen molar-refractivity contribution in [1.29, 1.82) is 0 Å². The molecule has 0 fully saturated rings. The van der Waals surface area contributed by atoms with E-state index in [2.05, 4.69) is 15.9 Å². The van der Waals surface area contributed by atoms with Gasteiger partial charge in [-0.15, -0.1) is 0 Å². The number of alkyl halides is 5. The van der Waals surface area contributed by atoms with E-state index in [1.807, 2.05) is 0 Å². The second-order valence-electron chi connectivity index (χ2n) is 3.47. The zero-order valence-corrected chi connectivity index (χ0v) is 10.1. The molecule has 0 atom stereocenters. The van der Waals surface area contributed by atoms with Crippen molar-refractivity contribution in [2.24, 2.45) is 5.73 Å². The van der Waals surface area contributed by atoms with Gasteiger partial charge in [-0.25, -0.2) is 8.78 Å². The van der Waals surface area contributed by atoms with Gasteiger partial charge < -0.3 is 5.73 Å². The molecule has 0 radical (unpaired) electrons. The first kappa shape index (κ1) is 14.4. The maximum Gasteiger partial charge on any atom is 0.416 e. The minimum Gasteiger partial charge on any atom is -0.330 e. The van der Waals surface area contributed by atoms with Gasteiger partial charge in [-0.3, -0.25) is 0 Å². The zero-order chi connectivity index (χ0) is 13.3. The average molecular weight is 318 g/mol. The Labute approximate surface area is 103 Å². The van der Waals surface area contributed by atoms with Gasteiger partial charge in [0, 0.05) is 16.5 Å². The number of rotatable bonds is 3. The van der Waals surface area contributed by atoms with Gasteiger partial charge in [-0.2, -0.15) is 13.2 Å². The third-order valence-corrected chi connectivity index (χ3v) is 2.56. The Bertz CT molecular complexity index is 402. The number of benzene rings is 1. The van der Waals surface area contributed by atoms with Gasteiger partial charge in [0.2, 0.25) is 0 Å². The van der Waals surface area contributed by atoms with Crippen LogP contribution < -0.4 is 5.73 Å². The van der Waals surface area contributed by atoms with E-state index in [1.165, 1.54) is 0 Å². The highest BCUT2D eigenvalue weighted by atomic mass is 79.9. The summed E-state index contributed by atoms with van der Waals surface area (Å²) in [5.74, 6) is -3.36. The Morgan fingerprint density at radius 2 is 1.53 bits per heavy atom. The molecule has 0 aliphatic rings. The van der Waals surface area contributed by atoms with Crippen LogP contribution in [-0.4, -0.2) is 6.54 Å². The smallest absolute Gasteiger partial charge is 0.330 e. The Hall–Kier alpha value is -0.690. The summed E-state index contributed by atoms with van der Waals surface area (Å²) < 4.78 is 64.1. The Kier molecular flexibility index (Phi) is 4.14. The monoisotopic (exact) mass is 317 g/mol. The molecule has 0 bridgehead atoms. The van der Waals surface area contributed by atoms with Crippen LogP contribution in [0.5, 0.6) is 0 Å². The fourth-order valence-electron chi connectivity index (χ4n) is 1.29. The Morgan fingerprint density at radius 1 is 1.00 bits per heavy atom. The Balaban J connectivity index is 3.23. The molecule has 0 aromatic heterocycles. The first-order valence-electron chi connectivity index (χ1n) is 4.63. The molecule has 2 N–H and O–H groups in total. The predicted octanol–water partition coefficient (Wildman–Crippen LogP) is 3.91. The molecule has 0 saturated heterocycles. The van der Waals surface area contributed by atoms with Crippen molar-refractivity contribution in [3.8, 4) is 0 Å². The van der Waals surface area contributed by atoms with Crippen LogP contribution in [-0.2, 0) is 12.1 Å². The first-order chi connectivity index (χ1) is 7.66. The molecule has 0 aliphatic carbocycles. The molecule has 0 aliphatic heterocycles. The average Bonchev–Trinajstić information content (AvgIpc) is 2.15. The minimum atomic E-state index is -4.66. The van der Waals surface area contributed by atoms with Crippen LogP contribution in [0.2, 0.25) is 0 Å². The molecular formula is C10H9BrF5N. The fourth-order valence-corrected chi connectivity index (χ4v) is 1.78. The largest absolute Gasteiger partial charge is 0.416 e. The van der Waals surface area contributed by atoms with Crippen LogP contribution in [0.4, 0.5) is 22.0 Å². The third-order valence-electron chi connectivity index (χ3n) is 2.11. The molecular weight excluding hydrogens is 309 g/mol. The quantitative estimate of drug-likeness (QED) is 0.840. The van der Waals surface area contributed by atoms with Crippen molar-refractivity contribution >= 4 is 15.9 Å². The first-order valence-corrected chi connectivity index (χ1v) is 5.42. The van der Waals surface area contributed by atoms with E-state index < -0.39 is 29.6 Å². The van der Waals surface area contributed by atoms with Crippen LogP contribution in [0.3, 0.4) is 0 Å².